The van der Waals surface area contributed by atoms with Crippen molar-refractivity contribution >= 4 is 0 Å². The summed E-state index contributed by atoms with van der Waals surface area (Å²) in [5, 5.41) is 3.79. The third kappa shape index (κ3) is 6.62. The fourth-order valence-electron chi connectivity index (χ4n) is 2.84. The lowest BCUT2D eigenvalue weighted by Crippen LogP contribution is -2.31. The number of hydrogen-bond acceptors (Lipinski definition) is 2. The van der Waals surface area contributed by atoms with Crippen LogP contribution in [0.25, 0.3) is 0 Å². The summed E-state index contributed by atoms with van der Waals surface area (Å²) in [6, 6.07) is 10.0. The normalized spacial score (nSPS) is 14.4. The minimum atomic E-state index is 0.481. The van der Waals surface area contributed by atoms with Crippen LogP contribution < -0.4 is 5.32 Å². The van der Waals surface area contributed by atoms with E-state index < -0.39 is 0 Å². The highest BCUT2D eigenvalue weighted by Gasteiger charge is 2.12. The molecule has 2 heteroatoms. The Labute approximate surface area is 131 Å². The Morgan fingerprint density at radius 2 is 1.67 bits per heavy atom. The molecule has 0 amide bonds. The Bertz CT molecular complexity index is 368. The third-order valence-corrected chi connectivity index (χ3v) is 4.38. The molecule has 2 nitrogen and oxygen atoms in total. The highest BCUT2D eigenvalue weighted by atomic mass is 15.1. The van der Waals surface area contributed by atoms with Crippen LogP contribution in [0.3, 0.4) is 0 Å². The van der Waals surface area contributed by atoms with Crippen molar-refractivity contribution in [2.24, 2.45) is 0 Å². The molecular weight excluding hydrogens is 256 g/mol. The summed E-state index contributed by atoms with van der Waals surface area (Å²) in [6.45, 7) is 14.8. The summed E-state index contributed by atoms with van der Waals surface area (Å²) in [6.07, 6.45) is 3.67. The lowest BCUT2D eigenvalue weighted by molar-refractivity contribution is 0.287. The molecule has 2 atom stereocenters. The first kappa shape index (κ1) is 18.2. The van der Waals surface area contributed by atoms with E-state index in [0.29, 0.717) is 12.1 Å². The van der Waals surface area contributed by atoms with Gasteiger partial charge in [-0.1, -0.05) is 50.6 Å². The molecule has 1 rings (SSSR count). The van der Waals surface area contributed by atoms with Gasteiger partial charge in [-0.15, -0.1) is 0 Å². The molecular formula is C19H34N2. The van der Waals surface area contributed by atoms with Crippen molar-refractivity contribution in [3.8, 4) is 0 Å². The van der Waals surface area contributed by atoms with Crippen LogP contribution in [0.2, 0.25) is 0 Å². The van der Waals surface area contributed by atoms with Gasteiger partial charge >= 0.3 is 0 Å². The second kappa shape index (κ2) is 9.97. The molecule has 1 N–H and O–H groups in total. The van der Waals surface area contributed by atoms with Crippen LogP contribution in [0.4, 0.5) is 0 Å². The zero-order valence-electron chi connectivity index (χ0n) is 14.7. The Balaban J connectivity index is 2.40. The number of aryl methyl sites for hydroxylation is 1. The average Bonchev–Trinajstić information content (AvgIpc) is 2.50. The van der Waals surface area contributed by atoms with Gasteiger partial charge in [0.1, 0.15) is 0 Å². The van der Waals surface area contributed by atoms with Crippen LogP contribution in [-0.2, 0) is 0 Å². The lowest BCUT2D eigenvalue weighted by Gasteiger charge is -2.24. The summed E-state index contributed by atoms with van der Waals surface area (Å²) in [4.78, 5) is 2.50. The Kier molecular flexibility index (Phi) is 8.63. The zero-order chi connectivity index (χ0) is 15.7. The van der Waals surface area contributed by atoms with Gasteiger partial charge in [-0.2, -0.15) is 0 Å². The Morgan fingerprint density at radius 1 is 1.05 bits per heavy atom. The van der Waals surface area contributed by atoms with Gasteiger partial charge in [-0.05, 0) is 58.3 Å². The molecule has 0 radical (unpaired) electrons. The maximum atomic E-state index is 3.79. The minimum Gasteiger partial charge on any atom is -0.307 e. The third-order valence-electron chi connectivity index (χ3n) is 4.38. The highest BCUT2D eigenvalue weighted by molar-refractivity contribution is 5.24. The summed E-state index contributed by atoms with van der Waals surface area (Å²) in [7, 11) is 0. The van der Waals surface area contributed by atoms with Crippen LogP contribution >= 0.6 is 0 Å². The Morgan fingerprint density at radius 3 is 2.19 bits per heavy atom. The molecule has 1 aromatic rings. The SMILES string of the molecule is CCC(NC(C)CCCN(CC)CC)c1ccc(C)cc1. The van der Waals surface area contributed by atoms with Crippen LogP contribution in [-0.4, -0.2) is 30.6 Å². The van der Waals surface area contributed by atoms with Gasteiger partial charge in [0, 0.05) is 12.1 Å². The predicted octanol–water partition coefficient (Wildman–Crippen LogP) is 4.55. The largest absolute Gasteiger partial charge is 0.307 e. The molecule has 0 heterocycles. The second-order valence-corrected chi connectivity index (χ2v) is 6.11. The molecule has 0 spiro atoms. The van der Waals surface area contributed by atoms with Gasteiger partial charge in [-0.3, -0.25) is 0 Å². The summed E-state index contributed by atoms with van der Waals surface area (Å²) < 4.78 is 0. The van der Waals surface area contributed by atoms with E-state index in [1.165, 1.54) is 43.6 Å². The molecule has 0 saturated carbocycles. The van der Waals surface area contributed by atoms with Crippen molar-refractivity contribution in [2.45, 2.75) is 66.0 Å². The van der Waals surface area contributed by atoms with Gasteiger partial charge in [0.25, 0.3) is 0 Å². The molecule has 120 valence electrons. The van der Waals surface area contributed by atoms with E-state index in [2.05, 4.69) is 69.1 Å². The van der Waals surface area contributed by atoms with Gasteiger partial charge in [0.15, 0.2) is 0 Å². The number of nitrogens with zero attached hydrogens (tertiary/aromatic N) is 1. The average molecular weight is 290 g/mol. The van der Waals surface area contributed by atoms with Gasteiger partial charge in [0.2, 0.25) is 0 Å². The van der Waals surface area contributed by atoms with Gasteiger partial charge in [-0.25, -0.2) is 0 Å². The first-order chi connectivity index (χ1) is 10.1. The van der Waals surface area contributed by atoms with Crippen LogP contribution in [0, 0.1) is 6.92 Å². The monoisotopic (exact) mass is 290 g/mol. The molecule has 21 heavy (non-hydrogen) atoms. The van der Waals surface area contributed by atoms with E-state index in [9.17, 15) is 0 Å². The Hall–Kier alpha value is -0.860. The first-order valence-electron chi connectivity index (χ1n) is 8.65. The van der Waals surface area contributed by atoms with Gasteiger partial charge in [0.05, 0.1) is 0 Å². The number of hydrogen-bond donors (Lipinski definition) is 1. The summed E-state index contributed by atoms with van der Waals surface area (Å²) in [5.41, 5.74) is 2.75. The minimum absolute atomic E-state index is 0.481. The van der Waals surface area contributed by atoms with Crippen LogP contribution in [0.5, 0.6) is 0 Å². The van der Waals surface area contributed by atoms with Crippen LogP contribution in [0.1, 0.15) is 64.1 Å². The number of benzene rings is 1. The van der Waals surface area contributed by atoms with Crippen molar-refractivity contribution in [3.05, 3.63) is 35.4 Å². The molecule has 1 aromatic carbocycles. The van der Waals surface area contributed by atoms with E-state index >= 15 is 0 Å². The predicted molar refractivity (Wildman–Crippen MR) is 93.8 cm³/mol. The lowest BCUT2D eigenvalue weighted by atomic mass is 10.0. The number of rotatable bonds is 10. The maximum absolute atomic E-state index is 3.79. The molecule has 0 aliphatic carbocycles. The topological polar surface area (TPSA) is 15.3 Å². The van der Waals surface area contributed by atoms with Crippen molar-refractivity contribution in [1.29, 1.82) is 0 Å². The summed E-state index contributed by atoms with van der Waals surface area (Å²) in [5.74, 6) is 0. The van der Waals surface area contributed by atoms with E-state index in [1.807, 2.05) is 0 Å². The van der Waals surface area contributed by atoms with E-state index in [-0.39, 0.29) is 0 Å². The molecule has 2 unspecified atom stereocenters. The molecule has 0 fully saturated rings. The zero-order valence-corrected chi connectivity index (χ0v) is 14.7. The molecule has 0 bridgehead atoms. The molecule has 0 aliphatic heterocycles. The first-order valence-corrected chi connectivity index (χ1v) is 8.65. The van der Waals surface area contributed by atoms with Crippen molar-refractivity contribution in [1.82, 2.24) is 10.2 Å². The fraction of sp³-hybridized carbons (Fsp3) is 0.684. The molecule has 0 aliphatic rings. The van der Waals surface area contributed by atoms with E-state index in [4.69, 9.17) is 0 Å². The van der Waals surface area contributed by atoms with Crippen molar-refractivity contribution < 1.29 is 0 Å². The molecule has 0 aromatic heterocycles. The van der Waals surface area contributed by atoms with Crippen molar-refractivity contribution in [2.75, 3.05) is 19.6 Å². The quantitative estimate of drug-likeness (QED) is 0.680. The second-order valence-electron chi connectivity index (χ2n) is 6.11. The van der Waals surface area contributed by atoms with E-state index in [1.54, 1.807) is 0 Å². The van der Waals surface area contributed by atoms with E-state index in [0.717, 1.165) is 6.42 Å². The smallest absolute Gasteiger partial charge is 0.0319 e. The van der Waals surface area contributed by atoms with Crippen LogP contribution in [0.15, 0.2) is 24.3 Å². The fourth-order valence-corrected chi connectivity index (χ4v) is 2.84. The maximum Gasteiger partial charge on any atom is 0.0319 e. The van der Waals surface area contributed by atoms with Gasteiger partial charge < -0.3 is 10.2 Å². The summed E-state index contributed by atoms with van der Waals surface area (Å²) >= 11 is 0. The van der Waals surface area contributed by atoms with Crippen molar-refractivity contribution in [3.63, 3.8) is 0 Å². The molecule has 0 saturated heterocycles. The standard InChI is InChI=1S/C19H34N2/c1-6-19(18-13-11-16(4)12-14-18)20-17(5)10-9-15-21(7-2)8-3/h11-14,17,19-20H,6-10,15H2,1-5H3. The highest BCUT2D eigenvalue weighted by Crippen LogP contribution is 2.18. The number of nitrogens with one attached hydrogen (secondary N) is 1.